The highest BCUT2D eigenvalue weighted by molar-refractivity contribution is 6.00. The van der Waals surface area contributed by atoms with Crippen LogP contribution in [0.15, 0.2) is 164 Å². The third kappa shape index (κ3) is 6.83. The van der Waals surface area contributed by atoms with E-state index in [4.69, 9.17) is 9.97 Å². The summed E-state index contributed by atoms with van der Waals surface area (Å²) in [7, 11) is 0. The first-order valence-electron chi connectivity index (χ1n) is 20.3. The van der Waals surface area contributed by atoms with Crippen molar-refractivity contribution < 1.29 is 5.21 Å². The minimum absolute atomic E-state index is 0.548. The highest BCUT2D eigenvalue weighted by Crippen LogP contribution is 2.39. The van der Waals surface area contributed by atoms with E-state index in [1.54, 1.807) is 0 Å². The predicted octanol–water partition coefficient (Wildman–Crippen LogP) is 13.9. The molecule has 1 radical (unpaired) electrons. The zero-order valence-electron chi connectivity index (χ0n) is 33.6. The fraction of sp³-hybridized carbons (Fsp3) is 0.0741. The minimum atomic E-state index is -0.548. The first-order valence-corrected chi connectivity index (χ1v) is 20.3. The van der Waals surface area contributed by atoms with Crippen LogP contribution in [-0.4, -0.2) is 25.5 Å². The van der Waals surface area contributed by atoms with E-state index in [1.807, 2.05) is 63.2 Å². The number of benzene rings is 5. The summed E-state index contributed by atoms with van der Waals surface area (Å²) in [4.78, 5) is 18.5. The van der Waals surface area contributed by atoms with Gasteiger partial charge in [0, 0.05) is 44.3 Å². The topological polar surface area (TPSA) is 80.5 Å². The van der Waals surface area contributed by atoms with Crippen LogP contribution in [0.25, 0.3) is 102 Å². The maximum atomic E-state index is 13.1. The van der Waals surface area contributed by atoms with Gasteiger partial charge in [-0.25, -0.2) is 15.0 Å². The molecule has 0 aliphatic carbocycles. The summed E-state index contributed by atoms with van der Waals surface area (Å²) < 4.78 is 0. The number of aromatic nitrogens is 4. The molecular weight excluding hydrogens is 735 g/mol. The summed E-state index contributed by atoms with van der Waals surface area (Å²) in [5, 5.41) is 14.2. The molecule has 5 aromatic carbocycles. The molecule has 0 unspecified atom stereocenters. The van der Waals surface area contributed by atoms with E-state index in [9.17, 15) is 5.21 Å². The number of fused-ring (bicyclic) bond motifs is 8. The van der Waals surface area contributed by atoms with Gasteiger partial charge in [-0.3, -0.25) is 0 Å². The van der Waals surface area contributed by atoms with Gasteiger partial charge in [0.15, 0.2) is 0 Å². The van der Waals surface area contributed by atoms with E-state index in [0.29, 0.717) is 5.69 Å². The van der Waals surface area contributed by atoms with Crippen LogP contribution < -0.4 is 5.06 Å². The molecule has 2 N–H and O–H groups in total. The zero-order valence-corrected chi connectivity index (χ0v) is 33.6. The predicted molar refractivity (Wildman–Crippen MR) is 249 cm³/mol. The maximum absolute atomic E-state index is 13.1. The molecular formula is C54H42N5O. The van der Waals surface area contributed by atoms with Crippen molar-refractivity contribution in [2.75, 3.05) is 5.06 Å². The van der Waals surface area contributed by atoms with Crippen LogP contribution in [0.3, 0.4) is 0 Å². The van der Waals surface area contributed by atoms with E-state index >= 15 is 0 Å². The number of aromatic amines is 2. The van der Waals surface area contributed by atoms with Gasteiger partial charge in [0.05, 0.1) is 34.0 Å². The van der Waals surface area contributed by atoms with Crippen molar-refractivity contribution in [2.24, 2.45) is 0 Å². The molecule has 3 aromatic heterocycles. The van der Waals surface area contributed by atoms with Crippen molar-refractivity contribution in [1.82, 2.24) is 19.9 Å². The van der Waals surface area contributed by atoms with Gasteiger partial charge >= 0.3 is 0 Å². The Balaban J connectivity index is 1.27. The van der Waals surface area contributed by atoms with Crippen molar-refractivity contribution in [3.63, 3.8) is 0 Å². The summed E-state index contributed by atoms with van der Waals surface area (Å²) in [6.07, 6.45) is 8.50. The molecule has 60 heavy (non-hydrogen) atoms. The Bertz CT molecular complexity index is 3080. The average molecular weight is 777 g/mol. The van der Waals surface area contributed by atoms with Gasteiger partial charge in [-0.05, 0) is 115 Å². The fourth-order valence-corrected chi connectivity index (χ4v) is 8.26. The van der Waals surface area contributed by atoms with Crippen molar-refractivity contribution in [2.45, 2.75) is 26.3 Å². The monoisotopic (exact) mass is 776 g/mol. The Labute approximate surface area is 349 Å². The van der Waals surface area contributed by atoms with E-state index < -0.39 is 5.54 Å². The van der Waals surface area contributed by atoms with Crippen molar-refractivity contribution in [3.8, 4) is 55.6 Å². The van der Waals surface area contributed by atoms with Gasteiger partial charge in [0.2, 0.25) is 0 Å². The molecule has 0 atom stereocenters. The Hall–Kier alpha value is -7.54. The lowest BCUT2D eigenvalue weighted by Gasteiger charge is -2.29. The Morgan fingerprint density at radius 1 is 0.383 bits per heavy atom. The van der Waals surface area contributed by atoms with Crippen molar-refractivity contribution >= 4 is 52.1 Å². The van der Waals surface area contributed by atoms with Gasteiger partial charge in [-0.2, -0.15) is 0 Å². The van der Waals surface area contributed by atoms with Gasteiger partial charge < -0.3 is 9.97 Å². The SMILES string of the molecule is CC(C)(C)N([O])c1cccc(-c2ccc(-c3c4nc(c(-c5ccccc5)c5ccc([nH]5)c(-c5ccccc5)c5nc(c(-c6ccccc6)c6ccc3[nH]6)C=C5)C=C4)cc2)c1. The van der Waals surface area contributed by atoms with Crippen molar-refractivity contribution in [3.05, 3.63) is 187 Å². The van der Waals surface area contributed by atoms with Gasteiger partial charge in [-0.1, -0.05) is 133 Å². The number of rotatable bonds is 6. The molecule has 6 heteroatoms. The summed E-state index contributed by atoms with van der Waals surface area (Å²) in [5.41, 5.74) is 17.6. The van der Waals surface area contributed by atoms with E-state index in [0.717, 1.165) is 106 Å². The third-order valence-electron chi connectivity index (χ3n) is 11.1. The standard InChI is InChI=1S/C54H42N5O/c1-54(2,3)59(60)41-21-13-20-40(34-41)35-22-24-39(25-23-35)53-48-32-30-46(57-48)51(37-16-9-5-10-17-37)44-28-26-42(55-44)50(36-14-7-4-8-15-36)43-27-29-45(56-43)52(38-18-11-6-12-19-38)47-31-33-49(53)58-47/h4-34,55,58H,1-3H3. The lowest BCUT2D eigenvalue weighted by molar-refractivity contribution is 0.102. The Kier molecular flexibility index (Phi) is 9.19. The molecule has 289 valence electrons. The third-order valence-corrected chi connectivity index (χ3v) is 11.1. The van der Waals surface area contributed by atoms with Gasteiger partial charge in [0.25, 0.3) is 0 Å². The number of hydrogen-bond acceptors (Lipinski definition) is 3. The van der Waals surface area contributed by atoms with E-state index in [-0.39, 0.29) is 0 Å². The first-order chi connectivity index (χ1) is 29.3. The normalized spacial score (nSPS) is 12.2. The number of hydroxylamine groups is 1. The molecule has 2 aliphatic rings. The Morgan fingerprint density at radius 2 is 0.717 bits per heavy atom. The van der Waals surface area contributed by atoms with Crippen molar-refractivity contribution in [1.29, 1.82) is 0 Å². The average Bonchev–Trinajstić information content (AvgIpc) is 4.13. The lowest BCUT2D eigenvalue weighted by Crippen LogP contribution is -2.37. The second-order valence-corrected chi connectivity index (χ2v) is 16.2. The van der Waals surface area contributed by atoms with Crippen LogP contribution in [0.1, 0.15) is 43.5 Å². The summed E-state index contributed by atoms with van der Waals surface area (Å²) >= 11 is 0. The molecule has 0 fully saturated rings. The van der Waals surface area contributed by atoms with Gasteiger partial charge in [-0.15, -0.1) is 0 Å². The summed E-state index contributed by atoms with van der Waals surface area (Å²) in [6.45, 7) is 5.77. The fourth-order valence-electron chi connectivity index (χ4n) is 8.26. The molecule has 5 heterocycles. The van der Waals surface area contributed by atoms with E-state index in [1.165, 1.54) is 0 Å². The molecule has 2 aliphatic heterocycles. The number of nitrogens with zero attached hydrogens (tertiary/aromatic N) is 3. The number of hydrogen-bond donors (Lipinski definition) is 2. The minimum Gasteiger partial charge on any atom is -0.354 e. The highest BCUT2D eigenvalue weighted by atomic mass is 16.5. The lowest BCUT2D eigenvalue weighted by atomic mass is 9.98. The molecule has 0 spiro atoms. The zero-order chi connectivity index (χ0) is 40.8. The van der Waals surface area contributed by atoms with Crippen LogP contribution in [0.4, 0.5) is 5.69 Å². The molecule has 8 bridgehead atoms. The molecule has 8 aromatic rings. The van der Waals surface area contributed by atoms with Crippen LogP contribution in [0.5, 0.6) is 0 Å². The molecule has 0 saturated heterocycles. The molecule has 0 amide bonds. The summed E-state index contributed by atoms with van der Waals surface area (Å²) in [5.74, 6) is 0. The second-order valence-electron chi connectivity index (χ2n) is 16.2. The highest BCUT2D eigenvalue weighted by Gasteiger charge is 2.22. The maximum Gasteiger partial charge on any atom is 0.0737 e. The Morgan fingerprint density at radius 3 is 1.08 bits per heavy atom. The first kappa shape index (κ1) is 36.8. The van der Waals surface area contributed by atoms with Crippen LogP contribution in [0, 0.1) is 0 Å². The number of anilines is 1. The quantitative estimate of drug-likeness (QED) is 0.165. The van der Waals surface area contributed by atoms with E-state index in [2.05, 4.69) is 156 Å². The van der Waals surface area contributed by atoms with Crippen LogP contribution in [0.2, 0.25) is 0 Å². The second kappa shape index (κ2) is 15.0. The smallest absolute Gasteiger partial charge is 0.0737 e. The van der Waals surface area contributed by atoms with Gasteiger partial charge in [0.1, 0.15) is 0 Å². The van der Waals surface area contributed by atoms with Crippen LogP contribution in [-0.2, 0) is 5.21 Å². The molecule has 0 saturated carbocycles. The number of nitrogens with one attached hydrogen (secondary N) is 2. The molecule has 10 rings (SSSR count). The molecule has 6 nitrogen and oxygen atoms in total. The van der Waals surface area contributed by atoms with Crippen LogP contribution >= 0.6 is 0 Å². The number of H-pyrrole nitrogens is 2. The largest absolute Gasteiger partial charge is 0.354 e. The summed E-state index contributed by atoms with van der Waals surface area (Å²) in [6, 6.07) is 56.4.